The largest absolute Gasteiger partial charge is 0.322 e. The van der Waals surface area contributed by atoms with Gasteiger partial charge in [0.15, 0.2) is 5.78 Å². The van der Waals surface area contributed by atoms with Crippen molar-refractivity contribution in [2.24, 2.45) is 0 Å². The number of ketones is 1. The van der Waals surface area contributed by atoms with Gasteiger partial charge < -0.3 is 4.90 Å². The van der Waals surface area contributed by atoms with E-state index in [0.29, 0.717) is 0 Å². The van der Waals surface area contributed by atoms with Gasteiger partial charge in [-0.3, -0.25) is 9.59 Å². The summed E-state index contributed by atoms with van der Waals surface area (Å²) in [7, 11) is 0. The zero-order valence-corrected chi connectivity index (χ0v) is 6.19. The zero-order chi connectivity index (χ0) is 7.14. The lowest BCUT2D eigenvalue weighted by Gasteiger charge is -2.10. The predicted molar refractivity (Wildman–Crippen MR) is 37.6 cm³/mol. The van der Waals surface area contributed by atoms with Crippen molar-refractivity contribution in [3.63, 3.8) is 0 Å². The Hall–Kier alpha value is -0.510. The molecule has 0 aromatic heterocycles. The van der Waals surface area contributed by atoms with Gasteiger partial charge in [-0.1, -0.05) is 0 Å². The first kappa shape index (κ1) is 6.22. The normalized spacial score (nSPS) is 31.6. The minimum Gasteiger partial charge on any atom is -0.322 e. The number of rotatable bonds is 0. The summed E-state index contributed by atoms with van der Waals surface area (Å²) >= 11 is 1.66. The van der Waals surface area contributed by atoms with Crippen LogP contribution in [-0.2, 0) is 9.59 Å². The van der Waals surface area contributed by atoms with Gasteiger partial charge in [0.25, 0.3) is 0 Å². The number of thioether (sulfide) groups is 1. The third-order valence-corrected chi connectivity index (χ3v) is 2.91. The summed E-state index contributed by atoms with van der Waals surface area (Å²) in [5.74, 6) is 1.65. The molecule has 0 N–H and O–H groups in total. The molecular weight excluding hydrogens is 150 g/mol. The Labute approximate surface area is 62.8 Å². The molecule has 10 heavy (non-hydrogen) atoms. The summed E-state index contributed by atoms with van der Waals surface area (Å²) in [5, 5.41) is 0. The van der Waals surface area contributed by atoms with Gasteiger partial charge in [0.2, 0.25) is 5.91 Å². The van der Waals surface area contributed by atoms with E-state index in [-0.39, 0.29) is 24.2 Å². The van der Waals surface area contributed by atoms with E-state index in [0.717, 1.165) is 11.6 Å². The van der Waals surface area contributed by atoms with Crippen LogP contribution in [0.4, 0.5) is 0 Å². The van der Waals surface area contributed by atoms with Gasteiger partial charge >= 0.3 is 0 Å². The third kappa shape index (κ3) is 0.683. The average Bonchev–Trinajstić information content (AvgIpc) is 2.39. The molecule has 0 aromatic rings. The monoisotopic (exact) mass is 157 g/mol. The van der Waals surface area contributed by atoms with Gasteiger partial charge in [0.1, 0.15) is 6.04 Å². The molecule has 0 spiro atoms. The molecule has 1 atom stereocenters. The van der Waals surface area contributed by atoms with E-state index in [9.17, 15) is 9.59 Å². The van der Waals surface area contributed by atoms with Gasteiger partial charge in [-0.25, -0.2) is 0 Å². The highest BCUT2D eigenvalue weighted by atomic mass is 32.2. The fourth-order valence-electron chi connectivity index (χ4n) is 1.32. The highest BCUT2D eigenvalue weighted by molar-refractivity contribution is 7.99. The molecule has 54 valence electrons. The summed E-state index contributed by atoms with van der Waals surface area (Å²) in [6.07, 6.45) is 0.144. The molecule has 0 saturated carbocycles. The Bertz CT molecular complexity index is 184. The van der Waals surface area contributed by atoms with Gasteiger partial charge in [0.05, 0.1) is 12.3 Å². The van der Waals surface area contributed by atoms with E-state index in [1.807, 2.05) is 0 Å². The van der Waals surface area contributed by atoms with Crippen LogP contribution in [-0.4, -0.2) is 34.3 Å². The van der Waals surface area contributed by atoms with Crippen LogP contribution in [0.2, 0.25) is 0 Å². The molecule has 2 heterocycles. The highest BCUT2D eigenvalue weighted by Crippen LogP contribution is 2.27. The molecule has 2 aliphatic heterocycles. The SMILES string of the molecule is O=C1CC(=O)N2CSC[C@H]12. The molecule has 1 amide bonds. The first-order valence-corrected chi connectivity index (χ1v) is 4.34. The number of amides is 1. The second-order valence-corrected chi connectivity index (χ2v) is 3.52. The first-order valence-electron chi connectivity index (χ1n) is 3.19. The fraction of sp³-hybridized carbons (Fsp3) is 0.667. The maximum absolute atomic E-state index is 11.0. The van der Waals surface area contributed by atoms with Crippen LogP contribution < -0.4 is 0 Å². The van der Waals surface area contributed by atoms with Crippen molar-refractivity contribution in [3.05, 3.63) is 0 Å². The topological polar surface area (TPSA) is 37.4 Å². The summed E-state index contributed by atoms with van der Waals surface area (Å²) in [4.78, 5) is 23.6. The van der Waals surface area contributed by atoms with Crippen molar-refractivity contribution in [1.29, 1.82) is 0 Å². The van der Waals surface area contributed by atoms with E-state index in [2.05, 4.69) is 0 Å². The molecule has 0 unspecified atom stereocenters. The van der Waals surface area contributed by atoms with Crippen molar-refractivity contribution < 1.29 is 9.59 Å². The number of carbonyl (C=O) groups is 2. The number of nitrogens with zero attached hydrogens (tertiary/aromatic N) is 1. The number of carbonyl (C=O) groups excluding carboxylic acids is 2. The lowest BCUT2D eigenvalue weighted by molar-refractivity contribution is -0.127. The van der Waals surface area contributed by atoms with Gasteiger partial charge in [0, 0.05) is 5.75 Å². The first-order chi connectivity index (χ1) is 4.79. The van der Waals surface area contributed by atoms with Gasteiger partial charge in [-0.05, 0) is 0 Å². The van der Waals surface area contributed by atoms with Crippen LogP contribution in [0, 0.1) is 0 Å². The smallest absolute Gasteiger partial charge is 0.231 e. The van der Waals surface area contributed by atoms with Crippen LogP contribution in [0.5, 0.6) is 0 Å². The second kappa shape index (κ2) is 1.99. The molecule has 2 aliphatic rings. The highest BCUT2D eigenvalue weighted by Gasteiger charge is 2.41. The van der Waals surface area contributed by atoms with Crippen LogP contribution in [0.25, 0.3) is 0 Å². The van der Waals surface area contributed by atoms with Crippen LogP contribution >= 0.6 is 11.8 Å². The average molecular weight is 157 g/mol. The van der Waals surface area contributed by atoms with Crippen LogP contribution in [0.1, 0.15) is 6.42 Å². The van der Waals surface area contributed by atoms with Crippen LogP contribution in [0.15, 0.2) is 0 Å². The molecule has 4 heteroatoms. The minimum atomic E-state index is -0.0718. The maximum atomic E-state index is 11.0. The predicted octanol–water partition coefficient (Wildman–Crippen LogP) is -0.139. The Kier molecular flexibility index (Phi) is 1.23. The van der Waals surface area contributed by atoms with E-state index in [4.69, 9.17) is 0 Å². The standard InChI is InChI=1S/C6H7NO2S/c8-5-1-6(9)7-3-10-2-4(5)7/h4H,1-3H2/t4-/m1/s1. The Balaban J connectivity index is 2.27. The zero-order valence-electron chi connectivity index (χ0n) is 5.37. The summed E-state index contributed by atoms with van der Waals surface area (Å²) in [5.41, 5.74) is 0. The van der Waals surface area contributed by atoms with E-state index in [1.54, 1.807) is 16.7 Å². The lowest BCUT2D eigenvalue weighted by atomic mass is 10.2. The molecule has 2 fully saturated rings. The second-order valence-electron chi connectivity index (χ2n) is 2.52. The maximum Gasteiger partial charge on any atom is 0.231 e. The molecule has 0 aliphatic carbocycles. The number of fused-ring (bicyclic) bond motifs is 1. The quantitative estimate of drug-likeness (QED) is 0.459. The van der Waals surface area contributed by atoms with Crippen molar-refractivity contribution in [2.45, 2.75) is 12.5 Å². The van der Waals surface area contributed by atoms with E-state index in [1.165, 1.54) is 0 Å². The summed E-state index contributed by atoms with van der Waals surface area (Å²) < 4.78 is 0. The van der Waals surface area contributed by atoms with Crippen molar-refractivity contribution in [3.8, 4) is 0 Å². The van der Waals surface area contributed by atoms with Gasteiger partial charge in [-0.2, -0.15) is 0 Å². The minimum absolute atomic E-state index is 0.0139. The van der Waals surface area contributed by atoms with Crippen molar-refractivity contribution in [1.82, 2.24) is 4.90 Å². The fourth-order valence-corrected chi connectivity index (χ4v) is 2.54. The molecule has 3 nitrogen and oxygen atoms in total. The Morgan fingerprint density at radius 3 is 3.00 bits per heavy atom. The molecule has 0 radical (unpaired) electrons. The Morgan fingerprint density at radius 1 is 1.50 bits per heavy atom. The molecule has 2 saturated heterocycles. The van der Waals surface area contributed by atoms with Gasteiger partial charge in [-0.15, -0.1) is 11.8 Å². The van der Waals surface area contributed by atoms with E-state index < -0.39 is 0 Å². The molecule has 2 rings (SSSR count). The summed E-state index contributed by atoms with van der Waals surface area (Å²) in [6, 6.07) is -0.0718. The molecule has 0 aromatic carbocycles. The van der Waals surface area contributed by atoms with E-state index >= 15 is 0 Å². The molecule has 0 bridgehead atoms. The number of hydrogen-bond acceptors (Lipinski definition) is 3. The number of Topliss-reactive ketones (excluding diaryl/α,β-unsaturated/α-hetero) is 1. The van der Waals surface area contributed by atoms with Crippen LogP contribution in [0.3, 0.4) is 0 Å². The third-order valence-electron chi connectivity index (χ3n) is 1.90. The lowest BCUT2D eigenvalue weighted by Crippen LogP contribution is -2.30. The molecular formula is C6H7NO2S. The Morgan fingerprint density at radius 2 is 2.30 bits per heavy atom. The summed E-state index contributed by atoms with van der Waals surface area (Å²) in [6.45, 7) is 0. The number of hydrogen-bond donors (Lipinski definition) is 0. The van der Waals surface area contributed by atoms with Crippen molar-refractivity contribution >= 4 is 23.5 Å². The van der Waals surface area contributed by atoms with Crippen molar-refractivity contribution in [2.75, 3.05) is 11.6 Å².